The highest BCUT2D eigenvalue weighted by Gasteiger charge is 2.41. The molecule has 0 amide bonds. The molecule has 2 atom stereocenters. The Kier molecular flexibility index (Phi) is 3.46. The van der Waals surface area contributed by atoms with Gasteiger partial charge in [-0.2, -0.15) is 5.10 Å². The van der Waals surface area contributed by atoms with Gasteiger partial charge < -0.3 is 9.15 Å². The van der Waals surface area contributed by atoms with E-state index in [2.05, 4.69) is 0 Å². The zero-order valence-electron chi connectivity index (χ0n) is 14.2. The normalized spacial score (nSPS) is 20.4. The van der Waals surface area contributed by atoms with Crippen LogP contribution < -0.4 is 4.74 Å². The molecule has 0 N–H and O–H groups in total. The van der Waals surface area contributed by atoms with Gasteiger partial charge in [0.1, 0.15) is 17.2 Å². The number of hydrogen-bond donors (Lipinski definition) is 0. The third kappa shape index (κ3) is 2.55. The summed E-state index contributed by atoms with van der Waals surface area (Å²) in [5, 5.41) is 17.6. The first-order valence-corrected chi connectivity index (χ1v) is 8.60. The van der Waals surface area contributed by atoms with Crippen LogP contribution in [0.25, 0.3) is 0 Å². The Hall–Kier alpha value is -3.61. The van der Waals surface area contributed by atoms with E-state index in [0.717, 1.165) is 28.3 Å². The number of hydrogen-bond acceptors (Lipinski definition) is 6. The highest BCUT2D eigenvalue weighted by atomic mass is 16.6. The van der Waals surface area contributed by atoms with E-state index in [-0.39, 0.29) is 11.7 Å². The zero-order valence-corrected chi connectivity index (χ0v) is 14.2. The Morgan fingerprint density at radius 1 is 1.07 bits per heavy atom. The van der Waals surface area contributed by atoms with Crippen LogP contribution in [0.5, 0.6) is 5.75 Å². The lowest BCUT2D eigenvalue weighted by Crippen LogP contribution is -2.33. The van der Waals surface area contributed by atoms with Crippen molar-refractivity contribution in [2.75, 3.05) is 0 Å². The van der Waals surface area contributed by atoms with Gasteiger partial charge in [-0.3, -0.25) is 10.1 Å². The SMILES string of the molecule is O=[N+]([O-])c1ccc([C@@H]2Oc3ccccc3[C@H]3CC(c4ccco4)=NN32)cc1. The number of hydrazone groups is 1. The lowest BCUT2D eigenvalue weighted by Gasteiger charge is -2.38. The van der Waals surface area contributed by atoms with Gasteiger partial charge in [-0.05, 0) is 30.3 Å². The quantitative estimate of drug-likeness (QED) is 0.509. The first-order chi connectivity index (χ1) is 13.2. The van der Waals surface area contributed by atoms with E-state index in [0.29, 0.717) is 6.42 Å². The molecule has 0 saturated heterocycles. The summed E-state index contributed by atoms with van der Waals surface area (Å²) >= 11 is 0. The van der Waals surface area contributed by atoms with Crippen LogP contribution in [0.3, 0.4) is 0 Å². The van der Waals surface area contributed by atoms with Crippen molar-refractivity contribution in [2.24, 2.45) is 5.10 Å². The van der Waals surface area contributed by atoms with E-state index in [1.165, 1.54) is 12.1 Å². The number of benzene rings is 2. The molecule has 3 aromatic rings. The number of fused-ring (bicyclic) bond motifs is 3. The van der Waals surface area contributed by atoms with Crippen LogP contribution in [0.1, 0.15) is 35.6 Å². The van der Waals surface area contributed by atoms with Gasteiger partial charge in [0.25, 0.3) is 5.69 Å². The molecule has 27 heavy (non-hydrogen) atoms. The minimum atomic E-state index is -0.460. The fourth-order valence-corrected chi connectivity index (χ4v) is 3.61. The Labute approximate surface area is 154 Å². The molecular weight excluding hydrogens is 346 g/mol. The van der Waals surface area contributed by atoms with Crippen molar-refractivity contribution in [3.63, 3.8) is 0 Å². The number of rotatable bonds is 3. The van der Waals surface area contributed by atoms with Gasteiger partial charge >= 0.3 is 0 Å². The molecule has 5 rings (SSSR count). The van der Waals surface area contributed by atoms with Gasteiger partial charge in [-0.1, -0.05) is 18.2 Å². The summed E-state index contributed by atoms with van der Waals surface area (Å²) in [6.07, 6.45) is 1.88. The average molecular weight is 361 g/mol. The summed E-state index contributed by atoms with van der Waals surface area (Å²) in [6.45, 7) is 0. The van der Waals surface area contributed by atoms with E-state index in [4.69, 9.17) is 14.3 Å². The van der Waals surface area contributed by atoms with Crippen LogP contribution in [-0.2, 0) is 0 Å². The highest BCUT2D eigenvalue weighted by molar-refractivity contribution is 5.99. The second kappa shape index (κ2) is 5.98. The molecule has 0 aliphatic carbocycles. The standard InChI is InChI=1S/C20H15N3O4/c24-23(25)14-9-7-13(8-10-14)20-22-17(15-4-1-2-5-18(15)27-20)12-16(21-22)19-6-3-11-26-19/h1-11,17,20H,12H2/t17-,20+/m1/s1. The largest absolute Gasteiger partial charge is 0.464 e. The number of non-ortho nitro benzene ring substituents is 1. The molecule has 134 valence electrons. The Morgan fingerprint density at radius 3 is 2.63 bits per heavy atom. The van der Waals surface area contributed by atoms with Crippen molar-refractivity contribution in [3.05, 3.63) is 93.9 Å². The Balaban J connectivity index is 1.57. The van der Waals surface area contributed by atoms with Gasteiger partial charge in [-0.25, -0.2) is 5.01 Å². The average Bonchev–Trinajstić information content (AvgIpc) is 3.37. The van der Waals surface area contributed by atoms with Gasteiger partial charge in [-0.15, -0.1) is 0 Å². The van der Waals surface area contributed by atoms with Crippen LogP contribution in [0.15, 0.2) is 76.4 Å². The summed E-state index contributed by atoms with van der Waals surface area (Å²) in [5.41, 5.74) is 2.79. The predicted octanol–water partition coefficient (Wildman–Crippen LogP) is 4.43. The number of para-hydroxylation sites is 1. The monoisotopic (exact) mass is 361 g/mol. The van der Waals surface area contributed by atoms with Crippen LogP contribution in [0, 0.1) is 10.1 Å². The zero-order chi connectivity index (χ0) is 18.4. The van der Waals surface area contributed by atoms with Crippen LogP contribution >= 0.6 is 0 Å². The lowest BCUT2D eigenvalue weighted by atomic mass is 9.97. The summed E-state index contributed by atoms with van der Waals surface area (Å²) in [6, 6.07) is 18.1. The van der Waals surface area contributed by atoms with Crippen molar-refractivity contribution in [1.82, 2.24) is 5.01 Å². The molecule has 7 heteroatoms. The summed E-state index contributed by atoms with van der Waals surface area (Å²) in [4.78, 5) is 10.5. The maximum absolute atomic E-state index is 10.9. The maximum Gasteiger partial charge on any atom is 0.269 e. The van der Waals surface area contributed by atoms with E-state index < -0.39 is 11.2 Å². The number of nitro groups is 1. The second-order valence-corrected chi connectivity index (χ2v) is 6.48. The first-order valence-electron chi connectivity index (χ1n) is 8.60. The lowest BCUT2D eigenvalue weighted by molar-refractivity contribution is -0.384. The third-order valence-corrected chi connectivity index (χ3v) is 4.89. The maximum atomic E-state index is 10.9. The van der Waals surface area contributed by atoms with E-state index in [1.54, 1.807) is 18.4 Å². The molecule has 0 fully saturated rings. The molecule has 7 nitrogen and oxygen atoms in total. The number of furan rings is 1. The summed E-state index contributed by atoms with van der Waals surface area (Å²) in [5.74, 6) is 1.54. The molecule has 2 aliphatic rings. The van der Waals surface area contributed by atoms with Crippen molar-refractivity contribution in [1.29, 1.82) is 0 Å². The van der Waals surface area contributed by atoms with Gasteiger partial charge in [0.05, 0.1) is 17.2 Å². The second-order valence-electron chi connectivity index (χ2n) is 6.48. The Morgan fingerprint density at radius 2 is 1.89 bits per heavy atom. The van der Waals surface area contributed by atoms with Crippen molar-refractivity contribution >= 4 is 11.4 Å². The molecule has 1 aromatic heterocycles. The summed E-state index contributed by atoms with van der Waals surface area (Å²) in [7, 11) is 0. The predicted molar refractivity (Wildman–Crippen MR) is 97.3 cm³/mol. The van der Waals surface area contributed by atoms with Crippen LogP contribution in [0.2, 0.25) is 0 Å². The first kappa shape index (κ1) is 15.6. The van der Waals surface area contributed by atoms with E-state index in [1.807, 2.05) is 41.4 Å². The Bertz CT molecular complexity index is 1030. The molecule has 2 aliphatic heterocycles. The molecule has 0 unspecified atom stereocenters. The minimum absolute atomic E-state index is 0.0234. The highest BCUT2D eigenvalue weighted by Crippen LogP contribution is 2.47. The number of nitrogens with zero attached hydrogens (tertiary/aromatic N) is 3. The minimum Gasteiger partial charge on any atom is -0.464 e. The fraction of sp³-hybridized carbons (Fsp3) is 0.150. The molecule has 0 radical (unpaired) electrons. The molecule has 2 aromatic carbocycles. The molecule has 3 heterocycles. The van der Waals surface area contributed by atoms with Crippen LogP contribution in [0.4, 0.5) is 5.69 Å². The third-order valence-electron chi connectivity index (χ3n) is 4.89. The fourth-order valence-electron chi connectivity index (χ4n) is 3.61. The van der Waals surface area contributed by atoms with E-state index in [9.17, 15) is 10.1 Å². The number of ether oxygens (including phenoxy) is 1. The van der Waals surface area contributed by atoms with Crippen molar-refractivity contribution in [2.45, 2.75) is 18.7 Å². The van der Waals surface area contributed by atoms with Crippen molar-refractivity contribution in [3.8, 4) is 5.75 Å². The van der Waals surface area contributed by atoms with Gasteiger partial charge in [0, 0.05) is 29.7 Å². The van der Waals surface area contributed by atoms with Gasteiger partial charge in [0.15, 0.2) is 0 Å². The van der Waals surface area contributed by atoms with Crippen LogP contribution in [-0.4, -0.2) is 15.6 Å². The molecule has 0 bridgehead atoms. The topological polar surface area (TPSA) is 81.1 Å². The van der Waals surface area contributed by atoms with E-state index >= 15 is 0 Å². The summed E-state index contributed by atoms with van der Waals surface area (Å²) < 4.78 is 11.7. The smallest absolute Gasteiger partial charge is 0.269 e. The number of nitro benzene ring substituents is 1. The molecule has 0 saturated carbocycles. The van der Waals surface area contributed by atoms with Crippen molar-refractivity contribution < 1.29 is 14.1 Å². The van der Waals surface area contributed by atoms with Gasteiger partial charge in [0.2, 0.25) is 6.23 Å². The molecular formula is C20H15N3O4. The molecule has 0 spiro atoms.